The fourth-order valence-electron chi connectivity index (χ4n) is 3.02. The van der Waals surface area contributed by atoms with Gasteiger partial charge in [-0.25, -0.2) is 13.1 Å². The van der Waals surface area contributed by atoms with Crippen molar-refractivity contribution in [2.75, 3.05) is 39.0 Å². The zero-order valence-electron chi connectivity index (χ0n) is 13.8. The molecule has 0 spiro atoms. The summed E-state index contributed by atoms with van der Waals surface area (Å²) in [4.78, 5) is 14.2. The van der Waals surface area contributed by atoms with Crippen LogP contribution in [0.3, 0.4) is 0 Å². The highest BCUT2D eigenvalue weighted by atomic mass is 32.2. The third-order valence-corrected chi connectivity index (χ3v) is 4.83. The van der Waals surface area contributed by atoms with Gasteiger partial charge in [0.2, 0.25) is 15.9 Å². The fraction of sp³-hybridized carbons (Fsp3) is 0.562. The molecule has 1 heterocycles. The first kappa shape index (κ1) is 18.9. The number of benzene rings is 1. The molecule has 1 aromatic carbocycles. The molecular weight excluding hydrogens is 330 g/mol. The van der Waals surface area contributed by atoms with E-state index in [1.165, 1.54) is 0 Å². The minimum Gasteiger partial charge on any atom is -0.395 e. The van der Waals surface area contributed by atoms with Gasteiger partial charge in [0.05, 0.1) is 12.9 Å². The third kappa shape index (κ3) is 5.86. The summed E-state index contributed by atoms with van der Waals surface area (Å²) in [5.41, 5.74) is 1.15. The summed E-state index contributed by atoms with van der Waals surface area (Å²) < 4.78 is 24.4. The number of carbonyl (C=O) groups excluding carboxylic acids is 1. The number of nitrogens with one attached hydrogen (secondary N) is 2. The Morgan fingerprint density at radius 3 is 2.62 bits per heavy atom. The van der Waals surface area contributed by atoms with Gasteiger partial charge < -0.3 is 10.4 Å². The van der Waals surface area contributed by atoms with E-state index in [1.807, 2.05) is 30.3 Å². The van der Waals surface area contributed by atoms with Crippen molar-refractivity contribution in [3.05, 3.63) is 35.9 Å². The third-order valence-electron chi connectivity index (χ3n) is 4.10. The number of hydrogen-bond acceptors (Lipinski definition) is 5. The minimum atomic E-state index is -3.28. The van der Waals surface area contributed by atoms with Crippen molar-refractivity contribution < 1.29 is 18.3 Å². The van der Waals surface area contributed by atoms with E-state index in [9.17, 15) is 13.2 Å². The Labute approximate surface area is 143 Å². The smallest absolute Gasteiger partial charge is 0.221 e. The minimum absolute atomic E-state index is 0.0512. The lowest BCUT2D eigenvalue weighted by molar-refractivity contribution is -0.121. The van der Waals surface area contributed by atoms with Gasteiger partial charge in [-0.15, -0.1) is 0 Å². The van der Waals surface area contributed by atoms with E-state index < -0.39 is 10.0 Å². The summed E-state index contributed by atoms with van der Waals surface area (Å²) in [6, 6.07) is 9.92. The Morgan fingerprint density at radius 2 is 2.00 bits per heavy atom. The summed E-state index contributed by atoms with van der Waals surface area (Å²) in [5.74, 6) is -0.0208. The molecule has 1 aromatic rings. The lowest BCUT2D eigenvalue weighted by atomic mass is 9.94. The van der Waals surface area contributed by atoms with Crippen molar-refractivity contribution in [1.29, 1.82) is 0 Å². The molecule has 1 aliphatic rings. The zero-order chi connectivity index (χ0) is 17.6. The van der Waals surface area contributed by atoms with Crippen LogP contribution in [-0.2, 0) is 14.8 Å². The molecule has 1 amide bonds. The molecule has 0 bridgehead atoms. The number of β-amino-alcohol motifs (C(OH)–C–C–N with tert-alkyl or cyclic N) is 1. The second kappa shape index (κ2) is 8.57. The van der Waals surface area contributed by atoms with Crippen LogP contribution in [0.5, 0.6) is 0 Å². The van der Waals surface area contributed by atoms with Crippen molar-refractivity contribution in [3.8, 4) is 0 Å². The average Bonchev–Trinajstić information content (AvgIpc) is 2.89. The molecule has 0 saturated carbocycles. The number of amides is 1. The maximum atomic E-state index is 12.1. The zero-order valence-corrected chi connectivity index (χ0v) is 14.6. The van der Waals surface area contributed by atoms with Gasteiger partial charge in [-0.2, -0.15) is 0 Å². The molecule has 1 saturated heterocycles. The van der Waals surface area contributed by atoms with Crippen LogP contribution in [0.1, 0.15) is 17.9 Å². The van der Waals surface area contributed by atoms with Crippen LogP contribution < -0.4 is 10.0 Å². The van der Waals surface area contributed by atoms with E-state index in [0.717, 1.165) is 18.4 Å². The Bertz CT molecular complexity index is 636. The van der Waals surface area contributed by atoms with Crippen molar-refractivity contribution in [2.45, 2.75) is 18.4 Å². The van der Waals surface area contributed by atoms with Crippen LogP contribution in [-0.4, -0.2) is 69.4 Å². The van der Waals surface area contributed by atoms with Gasteiger partial charge in [0, 0.05) is 44.6 Å². The maximum Gasteiger partial charge on any atom is 0.221 e. The Morgan fingerprint density at radius 1 is 1.29 bits per heavy atom. The highest BCUT2D eigenvalue weighted by Gasteiger charge is 2.34. The van der Waals surface area contributed by atoms with Gasteiger partial charge in [0.25, 0.3) is 0 Å². The molecule has 0 radical (unpaired) electrons. The van der Waals surface area contributed by atoms with Gasteiger partial charge in [0.15, 0.2) is 0 Å². The van der Waals surface area contributed by atoms with Gasteiger partial charge in [0.1, 0.15) is 0 Å². The van der Waals surface area contributed by atoms with E-state index in [1.54, 1.807) is 0 Å². The maximum absolute atomic E-state index is 12.1. The standard InChI is InChI=1S/C16H25N3O4S/c1-24(22,23)17-8-7-16(21)18-15-12-19(9-10-20)11-14(15)13-5-3-2-4-6-13/h2-6,14-15,17,20H,7-12H2,1H3,(H,18,21)/t14-,15+/m1/s1. The molecule has 0 aromatic heterocycles. The van der Waals surface area contributed by atoms with Gasteiger partial charge in [-0.3, -0.25) is 9.69 Å². The number of sulfonamides is 1. The van der Waals surface area contributed by atoms with Crippen LogP contribution in [0.25, 0.3) is 0 Å². The van der Waals surface area contributed by atoms with Crippen molar-refractivity contribution in [1.82, 2.24) is 14.9 Å². The molecule has 134 valence electrons. The highest BCUT2D eigenvalue weighted by molar-refractivity contribution is 7.88. The second-order valence-electron chi connectivity index (χ2n) is 6.09. The highest BCUT2D eigenvalue weighted by Crippen LogP contribution is 2.27. The Balaban J connectivity index is 1.96. The lowest BCUT2D eigenvalue weighted by Gasteiger charge is -2.20. The SMILES string of the molecule is CS(=O)(=O)NCCC(=O)N[C@H]1CN(CCO)C[C@@H]1c1ccccc1. The molecule has 1 aliphatic heterocycles. The normalized spacial score (nSPS) is 21.8. The fourth-order valence-corrected chi connectivity index (χ4v) is 3.50. The van der Waals surface area contributed by atoms with E-state index in [2.05, 4.69) is 14.9 Å². The van der Waals surface area contributed by atoms with E-state index in [-0.39, 0.29) is 37.4 Å². The summed E-state index contributed by atoms with van der Waals surface area (Å²) in [5, 5.41) is 12.2. The van der Waals surface area contributed by atoms with Crippen molar-refractivity contribution >= 4 is 15.9 Å². The number of aliphatic hydroxyl groups excluding tert-OH is 1. The van der Waals surface area contributed by atoms with E-state index in [0.29, 0.717) is 13.1 Å². The van der Waals surface area contributed by atoms with Crippen LogP contribution >= 0.6 is 0 Å². The predicted molar refractivity (Wildman–Crippen MR) is 92.1 cm³/mol. The van der Waals surface area contributed by atoms with Crippen LogP contribution in [0.2, 0.25) is 0 Å². The van der Waals surface area contributed by atoms with Crippen molar-refractivity contribution in [2.24, 2.45) is 0 Å². The molecule has 7 nitrogen and oxygen atoms in total. The molecular formula is C16H25N3O4S. The topological polar surface area (TPSA) is 98.7 Å². The molecule has 3 N–H and O–H groups in total. The number of rotatable bonds is 8. The predicted octanol–water partition coefficient (Wildman–Crippen LogP) is -0.498. The van der Waals surface area contributed by atoms with E-state index >= 15 is 0 Å². The summed E-state index contributed by atoms with van der Waals surface area (Å²) in [6.07, 6.45) is 1.17. The number of carbonyl (C=O) groups is 1. The number of aliphatic hydroxyl groups is 1. The number of nitrogens with zero attached hydrogens (tertiary/aromatic N) is 1. The number of hydrogen-bond donors (Lipinski definition) is 3. The largest absolute Gasteiger partial charge is 0.395 e. The molecule has 24 heavy (non-hydrogen) atoms. The molecule has 2 rings (SSSR count). The van der Waals surface area contributed by atoms with Crippen LogP contribution in [0.15, 0.2) is 30.3 Å². The van der Waals surface area contributed by atoms with Gasteiger partial charge >= 0.3 is 0 Å². The van der Waals surface area contributed by atoms with Crippen LogP contribution in [0.4, 0.5) is 0 Å². The van der Waals surface area contributed by atoms with Gasteiger partial charge in [-0.1, -0.05) is 30.3 Å². The first-order valence-electron chi connectivity index (χ1n) is 8.01. The summed E-state index contributed by atoms with van der Waals surface area (Å²) in [6.45, 7) is 2.20. The molecule has 2 atom stereocenters. The lowest BCUT2D eigenvalue weighted by Crippen LogP contribution is -2.41. The first-order chi connectivity index (χ1) is 11.4. The molecule has 0 aliphatic carbocycles. The Kier molecular flexibility index (Phi) is 6.73. The van der Waals surface area contributed by atoms with Gasteiger partial charge in [-0.05, 0) is 5.56 Å². The van der Waals surface area contributed by atoms with Crippen LogP contribution in [0, 0.1) is 0 Å². The summed E-state index contributed by atoms with van der Waals surface area (Å²) >= 11 is 0. The quantitative estimate of drug-likeness (QED) is 0.584. The molecule has 1 fully saturated rings. The second-order valence-corrected chi connectivity index (χ2v) is 7.92. The number of likely N-dealkylation sites (tertiary alicyclic amines) is 1. The molecule has 0 unspecified atom stereocenters. The van der Waals surface area contributed by atoms with Crippen molar-refractivity contribution in [3.63, 3.8) is 0 Å². The monoisotopic (exact) mass is 355 g/mol. The average molecular weight is 355 g/mol. The summed E-state index contributed by atoms with van der Waals surface area (Å²) in [7, 11) is -3.28. The van der Waals surface area contributed by atoms with E-state index in [4.69, 9.17) is 5.11 Å². The molecule has 8 heteroatoms. The Hall–Kier alpha value is -1.48. The first-order valence-corrected chi connectivity index (χ1v) is 9.90.